The number of aliphatic hydroxyl groups excluding tert-OH is 1. The Morgan fingerprint density at radius 3 is 3.00 bits per heavy atom. The topological polar surface area (TPSA) is 86.5 Å². The lowest BCUT2D eigenvalue weighted by atomic mass is 10.1. The first-order valence-electron chi connectivity index (χ1n) is 5.56. The van der Waals surface area contributed by atoms with Crippen molar-refractivity contribution >= 4 is 17.0 Å². The molecule has 0 saturated heterocycles. The maximum atomic E-state index is 11.2. The smallest absolute Gasteiger partial charge is 0.408 e. The summed E-state index contributed by atoms with van der Waals surface area (Å²) in [6, 6.07) is 5.40. The largest absolute Gasteiger partial charge is 0.417 e. The summed E-state index contributed by atoms with van der Waals surface area (Å²) in [6.45, 7) is 0.0157. The van der Waals surface area contributed by atoms with Crippen molar-refractivity contribution in [3.8, 4) is 0 Å². The first-order valence-corrected chi connectivity index (χ1v) is 5.56. The summed E-state index contributed by atoms with van der Waals surface area (Å²) in [4.78, 5) is 26.2. The molecule has 0 saturated carbocycles. The third-order valence-corrected chi connectivity index (χ3v) is 2.78. The molecular weight excluding hydrogens is 236 g/mol. The fourth-order valence-corrected chi connectivity index (χ4v) is 1.69. The van der Waals surface area contributed by atoms with Crippen molar-refractivity contribution in [3.05, 3.63) is 34.3 Å². The molecular formula is C12H14N2O4. The number of carbonyl (C=O) groups is 1. The number of benzene rings is 1. The highest BCUT2D eigenvalue weighted by Gasteiger charge is 2.07. The Balaban J connectivity index is 2.08. The van der Waals surface area contributed by atoms with Crippen LogP contribution in [0.15, 0.2) is 27.4 Å². The zero-order valence-corrected chi connectivity index (χ0v) is 9.97. The van der Waals surface area contributed by atoms with Crippen molar-refractivity contribution in [1.29, 1.82) is 0 Å². The van der Waals surface area contributed by atoms with Gasteiger partial charge in [-0.3, -0.25) is 9.78 Å². The number of likely N-dealkylation sites (N-methyl/N-ethyl adjacent to an activating group) is 1. The van der Waals surface area contributed by atoms with E-state index in [1.807, 2.05) is 6.07 Å². The first-order chi connectivity index (χ1) is 8.60. The zero-order valence-electron chi connectivity index (χ0n) is 9.97. The van der Waals surface area contributed by atoms with E-state index < -0.39 is 12.4 Å². The van der Waals surface area contributed by atoms with Crippen LogP contribution < -0.4 is 5.76 Å². The minimum Gasteiger partial charge on any atom is -0.408 e. The lowest BCUT2D eigenvalue weighted by molar-refractivity contribution is -0.132. The Bertz CT molecular complexity index is 614. The summed E-state index contributed by atoms with van der Waals surface area (Å²) in [5.41, 5.74) is 2.13. The predicted octanol–water partition coefficient (Wildman–Crippen LogP) is 0.114. The number of aromatic nitrogens is 1. The Morgan fingerprint density at radius 1 is 1.50 bits per heavy atom. The van der Waals surface area contributed by atoms with Crippen LogP contribution in [0.4, 0.5) is 0 Å². The van der Waals surface area contributed by atoms with E-state index in [1.165, 1.54) is 4.90 Å². The lowest BCUT2D eigenvalue weighted by Crippen LogP contribution is -2.31. The van der Waals surface area contributed by atoms with Gasteiger partial charge in [0.2, 0.25) is 5.91 Å². The van der Waals surface area contributed by atoms with E-state index >= 15 is 0 Å². The highest BCUT2D eigenvalue weighted by molar-refractivity contribution is 5.77. The van der Waals surface area contributed by atoms with E-state index in [0.29, 0.717) is 24.1 Å². The normalized spacial score (nSPS) is 10.8. The van der Waals surface area contributed by atoms with E-state index in [-0.39, 0.29) is 5.91 Å². The van der Waals surface area contributed by atoms with Gasteiger partial charge in [-0.15, -0.1) is 0 Å². The van der Waals surface area contributed by atoms with Crippen molar-refractivity contribution in [3.63, 3.8) is 0 Å². The van der Waals surface area contributed by atoms with Crippen LogP contribution in [0.25, 0.3) is 11.1 Å². The van der Waals surface area contributed by atoms with Gasteiger partial charge in [0, 0.05) is 13.6 Å². The minimum atomic E-state index is -0.484. The maximum absolute atomic E-state index is 11.2. The van der Waals surface area contributed by atoms with Gasteiger partial charge in [-0.05, 0) is 24.1 Å². The van der Waals surface area contributed by atoms with E-state index in [2.05, 4.69) is 4.98 Å². The number of amides is 1. The second kappa shape index (κ2) is 5.05. The summed E-state index contributed by atoms with van der Waals surface area (Å²) < 4.78 is 4.95. The van der Waals surface area contributed by atoms with Gasteiger partial charge >= 0.3 is 5.76 Å². The monoisotopic (exact) mass is 250 g/mol. The quantitative estimate of drug-likeness (QED) is 0.806. The maximum Gasteiger partial charge on any atom is 0.417 e. The number of oxazole rings is 1. The van der Waals surface area contributed by atoms with Crippen LogP contribution in [0.5, 0.6) is 0 Å². The van der Waals surface area contributed by atoms with E-state index in [9.17, 15) is 9.59 Å². The minimum absolute atomic E-state index is 0.316. The van der Waals surface area contributed by atoms with Crippen LogP contribution in [0.2, 0.25) is 0 Å². The molecule has 2 N–H and O–H groups in total. The number of H-pyrrole nitrogens is 1. The summed E-state index contributed by atoms with van der Waals surface area (Å²) in [6.07, 6.45) is 0.632. The SMILES string of the molecule is CN(CCc1ccc2[nH]c(=O)oc2c1)C(=O)CO. The van der Waals surface area contributed by atoms with Crippen LogP contribution in [0, 0.1) is 0 Å². The molecule has 1 aromatic carbocycles. The van der Waals surface area contributed by atoms with Crippen LogP contribution in [-0.4, -0.2) is 41.1 Å². The number of rotatable bonds is 4. The molecule has 2 aromatic rings. The molecule has 6 heteroatoms. The summed E-state index contributed by atoms with van der Waals surface area (Å²) in [5.74, 6) is -0.793. The second-order valence-corrected chi connectivity index (χ2v) is 4.07. The van der Waals surface area contributed by atoms with Crippen molar-refractivity contribution in [2.75, 3.05) is 20.2 Å². The molecule has 0 unspecified atom stereocenters. The van der Waals surface area contributed by atoms with Gasteiger partial charge < -0.3 is 14.4 Å². The van der Waals surface area contributed by atoms with Crippen LogP contribution in [0.1, 0.15) is 5.56 Å². The molecule has 6 nitrogen and oxygen atoms in total. The fourth-order valence-electron chi connectivity index (χ4n) is 1.69. The molecule has 18 heavy (non-hydrogen) atoms. The highest BCUT2D eigenvalue weighted by atomic mass is 16.4. The number of aliphatic hydroxyl groups is 1. The molecule has 1 heterocycles. The fraction of sp³-hybridized carbons (Fsp3) is 0.333. The number of hydrogen-bond acceptors (Lipinski definition) is 4. The number of nitrogens with zero attached hydrogens (tertiary/aromatic N) is 1. The molecule has 96 valence electrons. The Hall–Kier alpha value is -2.08. The molecule has 0 aliphatic heterocycles. The van der Waals surface area contributed by atoms with Crippen LogP contribution in [-0.2, 0) is 11.2 Å². The molecule has 1 amide bonds. The van der Waals surface area contributed by atoms with Gasteiger partial charge in [-0.2, -0.15) is 0 Å². The zero-order chi connectivity index (χ0) is 13.1. The van der Waals surface area contributed by atoms with Gasteiger partial charge in [0.15, 0.2) is 5.58 Å². The summed E-state index contributed by atoms with van der Waals surface area (Å²) in [7, 11) is 1.63. The third kappa shape index (κ3) is 2.60. The standard InChI is InChI=1S/C12H14N2O4/c1-14(11(16)7-15)5-4-8-2-3-9-10(6-8)18-12(17)13-9/h2-3,6,15H,4-5,7H2,1H3,(H,13,17). The van der Waals surface area contributed by atoms with Crippen LogP contribution in [0.3, 0.4) is 0 Å². The van der Waals surface area contributed by atoms with Gasteiger partial charge in [-0.1, -0.05) is 6.07 Å². The van der Waals surface area contributed by atoms with Gasteiger partial charge in [0.25, 0.3) is 0 Å². The predicted molar refractivity (Wildman–Crippen MR) is 65.3 cm³/mol. The molecule has 2 rings (SSSR count). The number of fused-ring (bicyclic) bond motifs is 1. The number of hydrogen-bond donors (Lipinski definition) is 2. The Kier molecular flexibility index (Phi) is 3.47. The Morgan fingerprint density at radius 2 is 2.28 bits per heavy atom. The molecule has 0 aliphatic carbocycles. The number of carbonyl (C=O) groups excluding carboxylic acids is 1. The van der Waals surface area contributed by atoms with Gasteiger partial charge in [0.1, 0.15) is 6.61 Å². The number of aromatic amines is 1. The molecule has 1 aromatic heterocycles. The van der Waals surface area contributed by atoms with Gasteiger partial charge in [-0.25, -0.2) is 4.79 Å². The first kappa shape index (κ1) is 12.4. The average molecular weight is 250 g/mol. The van der Waals surface area contributed by atoms with Crippen molar-refractivity contribution < 1.29 is 14.3 Å². The van der Waals surface area contributed by atoms with Gasteiger partial charge in [0.05, 0.1) is 5.52 Å². The molecule has 0 atom stereocenters. The number of nitrogens with one attached hydrogen (secondary N) is 1. The summed E-state index contributed by atoms with van der Waals surface area (Å²) >= 11 is 0. The average Bonchev–Trinajstić information content (AvgIpc) is 2.74. The van der Waals surface area contributed by atoms with E-state index in [1.54, 1.807) is 19.2 Å². The summed E-state index contributed by atoms with van der Waals surface area (Å²) in [5, 5.41) is 8.70. The molecule has 0 spiro atoms. The third-order valence-electron chi connectivity index (χ3n) is 2.78. The van der Waals surface area contributed by atoms with Crippen molar-refractivity contribution in [1.82, 2.24) is 9.88 Å². The van der Waals surface area contributed by atoms with E-state index in [0.717, 1.165) is 5.56 Å². The second-order valence-electron chi connectivity index (χ2n) is 4.07. The van der Waals surface area contributed by atoms with Crippen molar-refractivity contribution in [2.45, 2.75) is 6.42 Å². The molecule has 0 aliphatic rings. The molecule has 0 fully saturated rings. The molecule has 0 bridgehead atoms. The Labute approximate surface area is 103 Å². The van der Waals surface area contributed by atoms with Crippen molar-refractivity contribution in [2.24, 2.45) is 0 Å². The lowest BCUT2D eigenvalue weighted by Gasteiger charge is -2.15. The highest BCUT2D eigenvalue weighted by Crippen LogP contribution is 2.12. The molecule has 0 radical (unpaired) electrons. The van der Waals surface area contributed by atoms with Crippen LogP contribution >= 0.6 is 0 Å². The van der Waals surface area contributed by atoms with E-state index in [4.69, 9.17) is 9.52 Å².